The van der Waals surface area contributed by atoms with E-state index in [0.717, 1.165) is 10.4 Å². The third kappa shape index (κ3) is 4.29. The molecule has 0 saturated carbocycles. The number of hydrogen-bond acceptors (Lipinski definition) is 7. The summed E-state index contributed by atoms with van der Waals surface area (Å²) in [6, 6.07) is 3.04. The van der Waals surface area contributed by atoms with E-state index in [1.807, 2.05) is 28.2 Å². The summed E-state index contributed by atoms with van der Waals surface area (Å²) < 4.78 is 1.55. The first kappa shape index (κ1) is 19.3. The normalized spacial score (nSPS) is 10.8. The summed E-state index contributed by atoms with van der Waals surface area (Å²) in [7, 11) is 0. The second-order valence-electron chi connectivity index (χ2n) is 5.42. The molecule has 0 aliphatic carbocycles. The number of carbonyl (C=O) groups excluding carboxylic acids is 2. The Bertz CT molecular complexity index is 1050. The zero-order valence-electron chi connectivity index (χ0n) is 14.1. The van der Waals surface area contributed by atoms with Crippen molar-refractivity contribution >= 4 is 56.6 Å². The number of amides is 3. The molecule has 0 aliphatic rings. The second-order valence-corrected chi connectivity index (χ2v) is 8.28. The Morgan fingerprint density at radius 2 is 2.22 bits per heavy atom. The van der Waals surface area contributed by atoms with Crippen LogP contribution in [0.2, 0.25) is 0 Å². The zero-order valence-corrected chi connectivity index (χ0v) is 16.6. The standard InChI is InChI=1S/C17H16N4O3S3/c1-2-6-21-15(23)13-10(11-4-3-7-25-11)9-27-14(13)20-17(21)26-8-5-12(22)19-16(18)24/h2-4,7,9H,1,5-6,8H2,(H3,18,19,22,24). The number of allylic oxidation sites excluding steroid dienone is 1. The average molecular weight is 421 g/mol. The molecule has 0 aromatic carbocycles. The van der Waals surface area contributed by atoms with Gasteiger partial charge in [-0.25, -0.2) is 9.78 Å². The van der Waals surface area contributed by atoms with E-state index < -0.39 is 11.9 Å². The number of rotatable bonds is 7. The molecule has 10 heteroatoms. The van der Waals surface area contributed by atoms with Crippen molar-refractivity contribution in [2.45, 2.75) is 18.1 Å². The number of primary amides is 1. The van der Waals surface area contributed by atoms with Gasteiger partial charge >= 0.3 is 6.03 Å². The van der Waals surface area contributed by atoms with Crippen LogP contribution in [0.15, 0.2) is 45.5 Å². The van der Waals surface area contributed by atoms with E-state index in [2.05, 4.69) is 11.6 Å². The quantitative estimate of drug-likeness (QED) is 0.347. The third-order valence-corrected chi connectivity index (χ3v) is 6.33. The van der Waals surface area contributed by atoms with Crippen molar-refractivity contribution in [1.29, 1.82) is 0 Å². The second kappa shape index (κ2) is 8.51. The number of carbonyl (C=O) groups is 2. The molecule has 3 N–H and O–H groups in total. The van der Waals surface area contributed by atoms with Crippen LogP contribution in [0, 0.1) is 0 Å². The molecular formula is C17H16N4O3S3. The van der Waals surface area contributed by atoms with Gasteiger partial charge in [-0.15, -0.1) is 29.3 Å². The number of imide groups is 1. The van der Waals surface area contributed by atoms with Gasteiger partial charge in [-0.05, 0) is 11.4 Å². The molecular weight excluding hydrogens is 404 g/mol. The van der Waals surface area contributed by atoms with Crippen LogP contribution >= 0.6 is 34.4 Å². The largest absolute Gasteiger partial charge is 0.351 e. The summed E-state index contributed by atoms with van der Waals surface area (Å²) in [6.45, 7) is 4.03. The van der Waals surface area contributed by atoms with Gasteiger partial charge in [-0.3, -0.25) is 19.5 Å². The number of fused-ring (bicyclic) bond motifs is 1. The van der Waals surface area contributed by atoms with Gasteiger partial charge in [0.05, 0.1) is 5.39 Å². The Morgan fingerprint density at radius 1 is 1.41 bits per heavy atom. The topological polar surface area (TPSA) is 107 Å². The first-order valence-electron chi connectivity index (χ1n) is 7.90. The van der Waals surface area contributed by atoms with Gasteiger partial charge in [-0.1, -0.05) is 23.9 Å². The highest BCUT2D eigenvalue weighted by molar-refractivity contribution is 7.99. The SMILES string of the molecule is C=CCn1c(SCCC(=O)NC(N)=O)nc2scc(-c3cccs3)c2c1=O. The molecule has 3 aromatic heterocycles. The molecule has 27 heavy (non-hydrogen) atoms. The van der Waals surface area contributed by atoms with Crippen molar-refractivity contribution in [2.24, 2.45) is 5.73 Å². The first-order chi connectivity index (χ1) is 13.0. The molecule has 7 nitrogen and oxygen atoms in total. The van der Waals surface area contributed by atoms with Gasteiger partial charge in [0, 0.05) is 34.5 Å². The summed E-state index contributed by atoms with van der Waals surface area (Å²) >= 11 is 4.27. The lowest BCUT2D eigenvalue weighted by Gasteiger charge is -2.10. The van der Waals surface area contributed by atoms with Gasteiger partial charge in [0.25, 0.3) is 5.56 Å². The monoisotopic (exact) mass is 420 g/mol. The van der Waals surface area contributed by atoms with Crippen LogP contribution in [-0.4, -0.2) is 27.2 Å². The van der Waals surface area contributed by atoms with Crippen molar-refractivity contribution in [3.8, 4) is 10.4 Å². The molecule has 3 rings (SSSR count). The number of thiophene rings is 2. The van der Waals surface area contributed by atoms with E-state index >= 15 is 0 Å². The van der Waals surface area contributed by atoms with E-state index in [-0.39, 0.29) is 12.0 Å². The van der Waals surface area contributed by atoms with Crippen molar-refractivity contribution in [3.05, 3.63) is 45.9 Å². The van der Waals surface area contributed by atoms with E-state index in [0.29, 0.717) is 27.7 Å². The van der Waals surface area contributed by atoms with Crippen LogP contribution in [0.4, 0.5) is 4.79 Å². The maximum Gasteiger partial charge on any atom is 0.318 e. The van der Waals surface area contributed by atoms with Gasteiger partial charge in [-0.2, -0.15) is 0 Å². The molecule has 0 aliphatic heterocycles. The average Bonchev–Trinajstić information content (AvgIpc) is 3.26. The number of nitrogens with two attached hydrogens (primary N) is 1. The molecule has 0 saturated heterocycles. The van der Waals surface area contributed by atoms with Gasteiger partial charge < -0.3 is 5.73 Å². The van der Waals surface area contributed by atoms with E-state index in [1.165, 1.54) is 23.1 Å². The molecule has 0 radical (unpaired) electrons. The van der Waals surface area contributed by atoms with Crippen LogP contribution in [0.5, 0.6) is 0 Å². The fourth-order valence-electron chi connectivity index (χ4n) is 2.45. The molecule has 3 heterocycles. The molecule has 0 spiro atoms. The molecule has 0 atom stereocenters. The lowest BCUT2D eigenvalue weighted by molar-refractivity contribution is -0.119. The van der Waals surface area contributed by atoms with Crippen molar-refractivity contribution < 1.29 is 9.59 Å². The van der Waals surface area contributed by atoms with Crippen molar-refractivity contribution in [3.63, 3.8) is 0 Å². The first-order valence-corrected chi connectivity index (χ1v) is 10.6. The highest BCUT2D eigenvalue weighted by Gasteiger charge is 2.17. The van der Waals surface area contributed by atoms with Crippen LogP contribution in [0.1, 0.15) is 6.42 Å². The molecule has 0 bridgehead atoms. The molecule has 3 amide bonds. The van der Waals surface area contributed by atoms with Gasteiger partial charge in [0.2, 0.25) is 5.91 Å². The third-order valence-electron chi connectivity index (χ3n) is 3.58. The Hall–Kier alpha value is -2.43. The van der Waals surface area contributed by atoms with Crippen molar-refractivity contribution in [1.82, 2.24) is 14.9 Å². The smallest absolute Gasteiger partial charge is 0.318 e. The number of nitrogens with one attached hydrogen (secondary N) is 1. The van der Waals surface area contributed by atoms with E-state index in [1.54, 1.807) is 22.0 Å². The minimum atomic E-state index is -0.882. The lowest BCUT2D eigenvalue weighted by atomic mass is 10.2. The van der Waals surface area contributed by atoms with E-state index in [9.17, 15) is 14.4 Å². The summed E-state index contributed by atoms with van der Waals surface area (Å²) in [5.74, 6) is -0.109. The predicted octanol–water partition coefficient (Wildman–Crippen LogP) is 3.05. The lowest BCUT2D eigenvalue weighted by Crippen LogP contribution is -2.35. The number of hydrogen-bond donors (Lipinski definition) is 2. The summed E-state index contributed by atoms with van der Waals surface area (Å²) in [5.41, 5.74) is 5.68. The Morgan fingerprint density at radius 3 is 2.89 bits per heavy atom. The summed E-state index contributed by atoms with van der Waals surface area (Å²) in [5, 5.41) is 7.03. The number of aromatic nitrogens is 2. The fourth-order valence-corrected chi connectivity index (χ4v) is 5.20. The highest BCUT2D eigenvalue weighted by Crippen LogP contribution is 2.34. The Balaban J connectivity index is 1.93. The maximum absolute atomic E-state index is 13.1. The highest BCUT2D eigenvalue weighted by atomic mass is 32.2. The molecule has 0 unspecified atom stereocenters. The van der Waals surface area contributed by atoms with Crippen LogP contribution < -0.4 is 16.6 Å². The number of urea groups is 1. The molecule has 0 fully saturated rings. The zero-order chi connectivity index (χ0) is 19.4. The summed E-state index contributed by atoms with van der Waals surface area (Å²) in [6.07, 6.45) is 1.72. The fraction of sp³-hybridized carbons (Fsp3) is 0.176. The van der Waals surface area contributed by atoms with Crippen molar-refractivity contribution in [2.75, 3.05) is 5.75 Å². The van der Waals surface area contributed by atoms with E-state index in [4.69, 9.17) is 5.73 Å². The minimum absolute atomic E-state index is 0.0838. The van der Waals surface area contributed by atoms with Crippen LogP contribution in [-0.2, 0) is 11.3 Å². The minimum Gasteiger partial charge on any atom is -0.351 e. The predicted molar refractivity (Wildman–Crippen MR) is 110 cm³/mol. The van der Waals surface area contributed by atoms with Crippen LogP contribution in [0.3, 0.4) is 0 Å². The van der Waals surface area contributed by atoms with Gasteiger partial charge in [0.1, 0.15) is 4.83 Å². The Labute approximate surface area is 166 Å². The van der Waals surface area contributed by atoms with Gasteiger partial charge in [0.15, 0.2) is 5.16 Å². The molecule has 140 valence electrons. The number of nitrogens with zero attached hydrogens (tertiary/aromatic N) is 2. The Kier molecular flexibility index (Phi) is 6.09. The maximum atomic E-state index is 13.1. The summed E-state index contributed by atoms with van der Waals surface area (Å²) in [4.78, 5) is 41.6. The van der Waals surface area contributed by atoms with Crippen LogP contribution in [0.25, 0.3) is 20.7 Å². The number of thioether (sulfide) groups is 1. The molecule has 3 aromatic rings.